The number of hydrogen-bond acceptors (Lipinski definition) is 9. The zero-order valence-electron chi connectivity index (χ0n) is 19.8. The molecule has 1 aromatic heterocycles. The molecular formula is C27H21N3O6S. The van der Waals surface area contributed by atoms with Gasteiger partial charge in [0.25, 0.3) is 0 Å². The molecule has 0 bridgehead atoms. The van der Waals surface area contributed by atoms with Crippen molar-refractivity contribution in [2.24, 2.45) is 5.73 Å². The van der Waals surface area contributed by atoms with E-state index in [1.807, 2.05) is 16.8 Å². The number of methoxy groups -OCH3 is 2. The summed E-state index contributed by atoms with van der Waals surface area (Å²) in [5.74, 6) is -4.43. The zero-order valence-corrected chi connectivity index (χ0v) is 20.6. The second-order valence-corrected chi connectivity index (χ2v) is 8.66. The Morgan fingerprint density at radius 3 is 2.30 bits per heavy atom. The van der Waals surface area contributed by atoms with Gasteiger partial charge in [-0.05, 0) is 45.6 Å². The SMILES string of the molecule is COC(=O)C1=C(C(=O)OC)N(c2cc(-c3ccsc3)ccc2C(=O)O)C(N)=C(C#N)C1c1ccccc1. The Balaban J connectivity index is 2.12. The maximum absolute atomic E-state index is 13.3. The van der Waals surface area contributed by atoms with Crippen LogP contribution in [0, 0.1) is 11.3 Å². The highest BCUT2D eigenvalue weighted by molar-refractivity contribution is 7.08. The van der Waals surface area contributed by atoms with Crippen molar-refractivity contribution in [3.63, 3.8) is 0 Å². The maximum Gasteiger partial charge on any atom is 0.355 e. The summed E-state index contributed by atoms with van der Waals surface area (Å²) >= 11 is 1.45. The number of carbonyl (C=O) groups is 3. The Bertz CT molecular complexity index is 1490. The molecule has 1 aliphatic heterocycles. The predicted octanol–water partition coefficient (Wildman–Crippen LogP) is 4.01. The third kappa shape index (κ3) is 4.44. The number of carboxylic acid groups (broad SMARTS) is 1. The van der Waals surface area contributed by atoms with Crippen molar-refractivity contribution in [2.45, 2.75) is 5.92 Å². The molecule has 0 radical (unpaired) electrons. The molecular weight excluding hydrogens is 494 g/mol. The third-order valence-corrected chi connectivity index (χ3v) is 6.62. The van der Waals surface area contributed by atoms with Gasteiger partial charge in [-0.3, -0.25) is 4.90 Å². The van der Waals surface area contributed by atoms with Crippen LogP contribution in [0.3, 0.4) is 0 Å². The first-order valence-corrected chi connectivity index (χ1v) is 11.8. The fourth-order valence-electron chi connectivity index (χ4n) is 4.27. The summed E-state index contributed by atoms with van der Waals surface area (Å²) in [4.78, 5) is 39.8. The molecule has 186 valence electrons. The maximum atomic E-state index is 13.3. The lowest BCUT2D eigenvalue weighted by Crippen LogP contribution is -2.41. The third-order valence-electron chi connectivity index (χ3n) is 5.93. The number of carboxylic acids is 1. The molecule has 0 aliphatic carbocycles. The smallest absolute Gasteiger partial charge is 0.355 e. The topological polar surface area (TPSA) is 143 Å². The van der Waals surface area contributed by atoms with E-state index in [0.717, 1.165) is 24.7 Å². The first kappa shape index (κ1) is 25.2. The average Bonchev–Trinajstić information content (AvgIpc) is 3.46. The van der Waals surface area contributed by atoms with Crippen LogP contribution in [0.15, 0.2) is 88.0 Å². The summed E-state index contributed by atoms with van der Waals surface area (Å²) in [5, 5.41) is 23.9. The molecule has 10 heteroatoms. The number of carbonyl (C=O) groups excluding carboxylic acids is 2. The van der Waals surface area contributed by atoms with Gasteiger partial charge in [0.2, 0.25) is 0 Å². The highest BCUT2D eigenvalue weighted by atomic mass is 32.1. The van der Waals surface area contributed by atoms with Crippen molar-refractivity contribution in [3.05, 3.63) is 99.1 Å². The van der Waals surface area contributed by atoms with Gasteiger partial charge >= 0.3 is 17.9 Å². The number of esters is 2. The molecule has 1 aliphatic rings. The van der Waals surface area contributed by atoms with Crippen molar-refractivity contribution in [1.82, 2.24) is 0 Å². The summed E-state index contributed by atoms with van der Waals surface area (Å²) in [6.45, 7) is 0. The number of hydrogen-bond donors (Lipinski definition) is 2. The molecule has 0 saturated carbocycles. The van der Waals surface area contributed by atoms with Crippen LogP contribution >= 0.6 is 11.3 Å². The van der Waals surface area contributed by atoms with E-state index >= 15 is 0 Å². The summed E-state index contributed by atoms with van der Waals surface area (Å²) in [6.07, 6.45) is 0. The highest BCUT2D eigenvalue weighted by Gasteiger charge is 2.43. The van der Waals surface area contributed by atoms with E-state index < -0.39 is 23.8 Å². The number of allylic oxidation sites excluding steroid dienone is 1. The molecule has 0 amide bonds. The highest BCUT2D eigenvalue weighted by Crippen LogP contribution is 2.44. The molecule has 4 rings (SSSR count). The van der Waals surface area contributed by atoms with Crippen LogP contribution < -0.4 is 10.6 Å². The van der Waals surface area contributed by atoms with E-state index in [0.29, 0.717) is 11.1 Å². The molecule has 37 heavy (non-hydrogen) atoms. The Morgan fingerprint density at radius 1 is 1.03 bits per heavy atom. The van der Waals surface area contributed by atoms with E-state index in [1.54, 1.807) is 36.4 Å². The van der Waals surface area contributed by atoms with Gasteiger partial charge in [-0.25, -0.2) is 14.4 Å². The molecule has 0 spiro atoms. The van der Waals surface area contributed by atoms with E-state index in [-0.39, 0.29) is 33.9 Å². The molecule has 0 fully saturated rings. The van der Waals surface area contributed by atoms with Crippen molar-refractivity contribution < 1.29 is 29.0 Å². The van der Waals surface area contributed by atoms with Gasteiger partial charge < -0.3 is 20.3 Å². The van der Waals surface area contributed by atoms with Crippen LogP contribution in [0.2, 0.25) is 0 Å². The normalized spacial score (nSPS) is 15.3. The molecule has 3 N–H and O–H groups in total. The lowest BCUT2D eigenvalue weighted by molar-refractivity contribution is -0.139. The van der Waals surface area contributed by atoms with Gasteiger partial charge in [0.05, 0.1) is 48.6 Å². The minimum Gasteiger partial charge on any atom is -0.478 e. The van der Waals surface area contributed by atoms with Gasteiger partial charge in [0.15, 0.2) is 0 Å². The van der Waals surface area contributed by atoms with Crippen molar-refractivity contribution >= 4 is 34.9 Å². The first-order valence-electron chi connectivity index (χ1n) is 10.9. The van der Waals surface area contributed by atoms with Gasteiger partial charge in [0, 0.05) is 0 Å². The average molecular weight is 516 g/mol. The van der Waals surface area contributed by atoms with Crippen molar-refractivity contribution in [3.8, 4) is 17.2 Å². The zero-order chi connectivity index (χ0) is 26.7. The van der Waals surface area contributed by atoms with E-state index in [4.69, 9.17) is 15.2 Å². The molecule has 1 atom stereocenters. The number of nitrogens with two attached hydrogens (primary N) is 1. The molecule has 1 unspecified atom stereocenters. The van der Waals surface area contributed by atoms with Gasteiger partial charge in [-0.1, -0.05) is 36.4 Å². The molecule has 2 aromatic carbocycles. The molecule has 9 nitrogen and oxygen atoms in total. The number of aromatic carboxylic acids is 1. The van der Waals surface area contributed by atoms with Crippen LogP contribution in [0.4, 0.5) is 5.69 Å². The Kier molecular flexibility index (Phi) is 7.08. The fraction of sp³-hybridized carbons (Fsp3) is 0.111. The number of nitrogens with zero attached hydrogens (tertiary/aromatic N) is 2. The fourth-order valence-corrected chi connectivity index (χ4v) is 4.93. The van der Waals surface area contributed by atoms with Crippen molar-refractivity contribution in [1.29, 1.82) is 5.26 Å². The number of rotatable bonds is 6. The quantitative estimate of drug-likeness (QED) is 0.465. The Labute approximate surface area is 216 Å². The lowest BCUT2D eigenvalue weighted by atomic mass is 9.80. The van der Waals surface area contributed by atoms with Gasteiger partial charge in [0.1, 0.15) is 11.5 Å². The summed E-state index contributed by atoms with van der Waals surface area (Å²) < 4.78 is 10.0. The second-order valence-electron chi connectivity index (χ2n) is 7.88. The first-order chi connectivity index (χ1) is 17.8. The van der Waals surface area contributed by atoms with Crippen molar-refractivity contribution in [2.75, 3.05) is 19.1 Å². The predicted molar refractivity (Wildman–Crippen MR) is 136 cm³/mol. The second kappa shape index (κ2) is 10.4. The number of ether oxygens (including phenoxy) is 2. The van der Waals surface area contributed by atoms with Crippen LogP contribution in [0.5, 0.6) is 0 Å². The number of nitriles is 1. The number of anilines is 1. The van der Waals surface area contributed by atoms with E-state index in [1.165, 1.54) is 23.5 Å². The van der Waals surface area contributed by atoms with Crippen LogP contribution in [-0.4, -0.2) is 37.2 Å². The lowest BCUT2D eigenvalue weighted by Gasteiger charge is -2.36. The Hall–Kier alpha value is -4.88. The molecule has 0 saturated heterocycles. The standard InChI is InChI=1S/C27H21N3O6S/c1-35-26(33)22-21(15-6-4-3-5-7-15)19(13-28)24(29)30(23(22)27(34)36-2)20-12-16(17-10-11-37-14-17)8-9-18(20)25(31)32/h3-12,14,21H,29H2,1-2H3,(H,31,32). The van der Waals surface area contributed by atoms with Crippen LogP contribution in [0.25, 0.3) is 11.1 Å². The van der Waals surface area contributed by atoms with E-state index in [9.17, 15) is 24.8 Å². The summed E-state index contributed by atoms with van der Waals surface area (Å²) in [5.41, 5.74) is 7.64. The van der Waals surface area contributed by atoms with Crippen LogP contribution in [0.1, 0.15) is 21.8 Å². The monoisotopic (exact) mass is 515 g/mol. The van der Waals surface area contributed by atoms with Gasteiger partial charge in [-0.15, -0.1) is 0 Å². The molecule has 2 heterocycles. The van der Waals surface area contributed by atoms with Gasteiger partial charge in [-0.2, -0.15) is 16.6 Å². The Morgan fingerprint density at radius 2 is 1.73 bits per heavy atom. The minimum atomic E-state index is -1.30. The largest absolute Gasteiger partial charge is 0.478 e. The summed E-state index contributed by atoms with van der Waals surface area (Å²) in [7, 11) is 2.27. The van der Waals surface area contributed by atoms with E-state index in [2.05, 4.69) is 6.07 Å². The summed E-state index contributed by atoms with van der Waals surface area (Å²) in [6, 6.07) is 17.0. The molecule has 3 aromatic rings. The minimum absolute atomic E-state index is 0.0187. The number of thiophene rings is 1. The van der Waals surface area contributed by atoms with Crippen LogP contribution in [-0.2, 0) is 19.1 Å². The number of benzene rings is 2.